The molecule has 3 rings (SSSR count). The predicted octanol–water partition coefficient (Wildman–Crippen LogP) is 3.77. The van der Waals surface area contributed by atoms with Gasteiger partial charge in [-0.15, -0.1) is 0 Å². The van der Waals surface area contributed by atoms with Gasteiger partial charge in [0.15, 0.2) is 0 Å². The number of hydrogen-bond donors (Lipinski definition) is 4. The molecule has 1 saturated carbocycles. The van der Waals surface area contributed by atoms with Crippen LogP contribution in [0.3, 0.4) is 0 Å². The van der Waals surface area contributed by atoms with E-state index in [1.165, 1.54) is 0 Å². The summed E-state index contributed by atoms with van der Waals surface area (Å²) < 4.78 is 0. The lowest BCUT2D eigenvalue weighted by atomic mass is 10.0. The van der Waals surface area contributed by atoms with Crippen molar-refractivity contribution in [3.05, 3.63) is 54.6 Å². The Morgan fingerprint density at radius 3 is 1.81 bits per heavy atom. The number of anilines is 3. The number of aliphatic carboxylic acids is 1. The number of carbonyl (C=O) groups is 3. The number of amides is 3. The fourth-order valence-electron chi connectivity index (χ4n) is 3.14. The third kappa shape index (κ3) is 5.07. The topological polar surface area (TPSA) is 108 Å². The van der Waals surface area contributed by atoms with Crippen molar-refractivity contribution < 1.29 is 19.5 Å². The zero-order valence-corrected chi connectivity index (χ0v) is 14.6. The molecule has 0 saturated heterocycles. The van der Waals surface area contributed by atoms with Gasteiger partial charge in [0.2, 0.25) is 5.91 Å². The van der Waals surface area contributed by atoms with E-state index in [2.05, 4.69) is 16.0 Å². The summed E-state index contributed by atoms with van der Waals surface area (Å²) >= 11 is 0. The third-order valence-electron chi connectivity index (χ3n) is 4.59. The molecule has 4 N–H and O–H groups in total. The first-order valence-electron chi connectivity index (χ1n) is 8.78. The Hall–Kier alpha value is -3.35. The summed E-state index contributed by atoms with van der Waals surface area (Å²) in [6.45, 7) is 0. The van der Waals surface area contributed by atoms with Gasteiger partial charge >= 0.3 is 12.0 Å². The van der Waals surface area contributed by atoms with Crippen LogP contribution >= 0.6 is 0 Å². The molecule has 1 aliphatic rings. The van der Waals surface area contributed by atoms with E-state index in [1.807, 2.05) is 18.2 Å². The van der Waals surface area contributed by atoms with Gasteiger partial charge in [-0.3, -0.25) is 9.59 Å². The van der Waals surface area contributed by atoms with Crippen LogP contribution in [-0.2, 0) is 9.59 Å². The van der Waals surface area contributed by atoms with Crippen molar-refractivity contribution in [3.63, 3.8) is 0 Å². The molecule has 0 bridgehead atoms. The van der Waals surface area contributed by atoms with E-state index in [4.69, 9.17) is 5.11 Å². The molecule has 2 aromatic carbocycles. The number of nitrogens with one attached hydrogen (secondary N) is 3. The van der Waals surface area contributed by atoms with Gasteiger partial charge in [-0.05, 0) is 55.7 Å². The summed E-state index contributed by atoms with van der Waals surface area (Å²) in [5, 5.41) is 17.3. The highest BCUT2D eigenvalue weighted by atomic mass is 16.4. The molecule has 0 heterocycles. The number of urea groups is 1. The molecule has 1 aliphatic carbocycles. The molecule has 0 radical (unpaired) electrons. The maximum atomic E-state index is 12.3. The molecule has 1 fully saturated rings. The van der Waals surface area contributed by atoms with E-state index < -0.39 is 11.9 Å². The van der Waals surface area contributed by atoms with Gasteiger partial charge in [0.05, 0.1) is 5.92 Å². The van der Waals surface area contributed by atoms with Crippen LogP contribution in [0.5, 0.6) is 0 Å². The number of para-hydroxylation sites is 1. The van der Waals surface area contributed by atoms with E-state index in [9.17, 15) is 14.4 Å². The lowest BCUT2D eigenvalue weighted by molar-refractivity contribution is -0.141. The average molecular weight is 367 g/mol. The summed E-state index contributed by atoms with van der Waals surface area (Å²) in [5.41, 5.74) is 1.89. The maximum Gasteiger partial charge on any atom is 0.323 e. The monoisotopic (exact) mass is 367 g/mol. The number of carboxylic acids is 1. The second-order valence-electron chi connectivity index (χ2n) is 6.56. The van der Waals surface area contributed by atoms with Gasteiger partial charge < -0.3 is 21.1 Å². The molecule has 140 valence electrons. The smallest absolute Gasteiger partial charge is 0.323 e. The van der Waals surface area contributed by atoms with Crippen LogP contribution in [0, 0.1) is 11.8 Å². The molecule has 27 heavy (non-hydrogen) atoms. The van der Waals surface area contributed by atoms with Crippen LogP contribution in [0.25, 0.3) is 0 Å². The standard InChI is InChI=1S/C20H21N3O4/c24-18(13-6-7-14(12-13)19(25)26)21-16-8-10-17(11-9-16)23-20(27)22-15-4-2-1-3-5-15/h1-5,8-11,13-14H,6-7,12H2,(H,21,24)(H,25,26)(H2,22,23,27)/t13-,14+/m0/s1. The average Bonchev–Trinajstić information content (AvgIpc) is 3.15. The van der Waals surface area contributed by atoms with Crippen LogP contribution in [0.2, 0.25) is 0 Å². The predicted molar refractivity (Wildman–Crippen MR) is 103 cm³/mol. The zero-order valence-electron chi connectivity index (χ0n) is 14.6. The largest absolute Gasteiger partial charge is 0.481 e. The summed E-state index contributed by atoms with van der Waals surface area (Å²) in [6.07, 6.45) is 1.50. The first-order valence-corrected chi connectivity index (χ1v) is 8.78. The second kappa shape index (κ2) is 8.35. The number of carboxylic acid groups (broad SMARTS) is 1. The van der Waals surface area contributed by atoms with Gasteiger partial charge in [-0.1, -0.05) is 18.2 Å². The Morgan fingerprint density at radius 1 is 0.741 bits per heavy atom. The van der Waals surface area contributed by atoms with Crippen molar-refractivity contribution in [2.24, 2.45) is 11.8 Å². The van der Waals surface area contributed by atoms with E-state index >= 15 is 0 Å². The Kier molecular flexibility index (Phi) is 5.71. The molecule has 0 spiro atoms. The molecule has 0 aliphatic heterocycles. The highest BCUT2D eigenvalue weighted by molar-refractivity contribution is 6.00. The van der Waals surface area contributed by atoms with Crippen molar-refractivity contribution in [2.75, 3.05) is 16.0 Å². The molecular formula is C20H21N3O4. The van der Waals surface area contributed by atoms with Crippen molar-refractivity contribution in [1.29, 1.82) is 0 Å². The molecule has 7 heteroatoms. The Labute approximate surface area is 156 Å². The van der Waals surface area contributed by atoms with E-state index in [0.29, 0.717) is 36.3 Å². The van der Waals surface area contributed by atoms with Crippen LogP contribution in [0.1, 0.15) is 19.3 Å². The molecule has 0 unspecified atom stereocenters. The lowest BCUT2D eigenvalue weighted by Gasteiger charge is -2.12. The minimum atomic E-state index is -0.838. The Morgan fingerprint density at radius 2 is 1.26 bits per heavy atom. The van der Waals surface area contributed by atoms with E-state index in [0.717, 1.165) is 0 Å². The maximum absolute atomic E-state index is 12.3. The highest BCUT2D eigenvalue weighted by Gasteiger charge is 2.33. The summed E-state index contributed by atoms with van der Waals surface area (Å²) in [4.78, 5) is 35.2. The van der Waals surface area contributed by atoms with Gasteiger partial charge in [-0.25, -0.2) is 4.79 Å². The van der Waals surface area contributed by atoms with Crippen LogP contribution in [0.15, 0.2) is 54.6 Å². The summed E-state index contributed by atoms with van der Waals surface area (Å²) in [5.74, 6) is -1.72. The molecule has 2 atom stereocenters. The molecule has 3 amide bonds. The summed E-state index contributed by atoms with van der Waals surface area (Å²) in [7, 11) is 0. The van der Waals surface area contributed by atoms with Crippen molar-refractivity contribution in [2.45, 2.75) is 19.3 Å². The SMILES string of the molecule is O=C(Nc1ccccc1)Nc1ccc(NC(=O)[C@H]2CC[C@@H](C(=O)O)C2)cc1. The van der Waals surface area contributed by atoms with E-state index in [1.54, 1.807) is 36.4 Å². The highest BCUT2D eigenvalue weighted by Crippen LogP contribution is 2.32. The third-order valence-corrected chi connectivity index (χ3v) is 4.59. The number of hydrogen-bond acceptors (Lipinski definition) is 3. The zero-order chi connectivity index (χ0) is 19.2. The fraction of sp³-hybridized carbons (Fsp3) is 0.250. The second-order valence-corrected chi connectivity index (χ2v) is 6.56. The van der Waals surface area contributed by atoms with E-state index in [-0.39, 0.29) is 17.9 Å². The van der Waals surface area contributed by atoms with Crippen LogP contribution in [0.4, 0.5) is 21.9 Å². The van der Waals surface area contributed by atoms with Crippen molar-refractivity contribution in [1.82, 2.24) is 0 Å². The first kappa shape index (κ1) is 18.4. The number of benzene rings is 2. The van der Waals surface area contributed by atoms with Gasteiger partial charge in [-0.2, -0.15) is 0 Å². The van der Waals surface area contributed by atoms with Gasteiger partial charge in [0.1, 0.15) is 0 Å². The summed E-state index contributed by atoms with van der Waals surface area (Å²) in [6, 6.07) is 15.5. The van der Waals surface area contributed by atoms with Crippen LogP contribution < -0.4 is 16.0 Å². The van der Waals surface area contributed by atoms with Crippen LogP contribution in [-0.4, -0.2) is 23.0 Å². The fourth-order valence-corrected chi connectivity index (χ4v) is 3.14. The normalized spacial score (nSPS) is 18.5. The van der Waals surface area contributed by atoms with Crippen molar-refractivity contribution in [3.8, 4) is 0 Å². The molecular weight excluding hydrogens is 346 g/mol. The lowest BCUT2D eigenvalue weighted by Crippen LogP contribution is -2.22. The van der Waals surface area contributed by atoms with Crippen molar-refractivity contribution >= 4 is 35.0 Å². The minimum absolute atomic E-state index is 0.165. The molecule has 7 nitrogen and oxygen atoms in total. The molecule has 2 aromatic rings. The number of carbonyl (C=O) groups excluding carboxylic acids is 2. The number of rotatable bonds is 5. The Balaban J connectivity index is 1.50. The quantitative estimate of drug-likeness (QED) is 0.645. The van der Waals surface area contributed by atoms with Gasteiger partial charge in [0, 0.05) is 23.0 Å². The molecule has 0 aromatic heterocycles. The van der Waals surface area contributed by atoms with Gasteiger partial charge in [0.25, 0.3) is 0 Å². The Bertz CT molecular complexity index is 821. The first-order chi connectivity index (χ1) is 13.0. The minimum Gasteiger partial charge on any atom is -0.481 e.